The zero-order valence-corrected chi connectivity index (χ0v) is 11.8. The first-order valence-electron chi connectivity index (χ1n) is 5.56. The smallest absolute Gasteiger partial charge is 0.375 e. The van der Waals surface area contributed by atoms with Gasteiger partial charge < -0.3 is 4.18 Å². The van der Waals surface area contributed by atoms with E-state index in [2.05, 4.69) is 4.18 Å². The molecule has 0 radical (unpaired) electrons. The Morgan fingerprint density at radius 2 is 1.62 bits per heavy atom. The molecule has 0 unspecified atom stereocenters. The maximum Gasteiger partial charge on any atom is 0.534 e. The van der Waals surface area contributed by atoms with Crippen molar-refractivity contribution in [2.45, 2.75) is 5.51 Å². The Morgan fingerprint density at radius 3 is 2.19 bits per heavy atom. The van der Waals surface area contributed by atoms with Crippen molar-refractivity contribution in [1.29, 1.82) is 0 Å². The van der Waals surface area contributed by atoms with E-state index in [-0.39, 0.29) is 10.6 Å². The van der Waals surface area contributed by atoms with Gasteiger partial charge in [0.2, 0.25) is 0 Å². The lowest BCUT2D eigenvalue weighted by atomic mass is 10.1. The summed E-state index contributed by atoms with van der Waals surface area (Å²) in [5, 5.41) is 0.241. The van der Waals surface area contributed by atoms with Crippen molar-refractivity contribution < 1.29 is 25.8 Å². The van der Waals surface area contributed by atoms with Crippen molar-refractivity contribution in [3.63, 3.8) is 0 Å². The molecule has 0 amide bonds. The van der Waals surface area contributed by atoms with Gasteiger partial charge in [-0.1, -0.05) is 41.9 Å². The largest absolute Gasteiger partial charge is 0.534 e. The van der Waals surface area contributed by atoms with E-state index in [9.17, 15) is 21.6 Å². The summed E-state index contributed by atoms with van der Waals surface area (Å²) in [5.74, 6) is -0.442. The van der Waals surface area contributed by atoms with Crippen molar-refractivity contribution in [2.24, 2.45) is 0 Å². The number of hydrogen-bond donors (Lipinski definition) is 0. The molecule has 0 spiro atoms. The first-order chi connectivity index (χ1) is 9.71. The van der Waals surface area contributed by atoms with Crippen LogP contribution in [-0.2, 0) is 10.1 Å². The highest BCUT2D eigenvalue weighted by atomic mass is 35.5. The lowest BCUT2D eigenvalue weighted by Crippen LogP contribution is -2.28. The third-order valence-electron chi connectivity index (χ3n) is 2.51. The molecule has 0 saturated heterocycles. The maximum atomic E-state index is 12.4. The van der Waals surface area contributed by atoms with E-state index in [0.717, 1.165) is 6.07 Å². The molecule has 2 aromatic rings. The molecule has 112 valence electrons. The second kappa shape index (κ2) is 5.57. The second-order valence-corrected chi connectivity index (χ2v) is 5.96. The minimum atomic E-state index is -5.74. The summed E-state index contributed by atoms with van der Waals surface area (Å²) >= 11 is 5.80. The minimum absolute atomic E-state index is 0.149. The summed E-state index contributed by atoms with van der Waals surface area (Å²) < 4.78 is 63.6. The van der Waals surface area contributed by atoms with Crippen LogP contribution in [0.15, 0.2) is 48.5 Å². The zero-order valence-electron chi connectivity index (χ0n) is 10.3. The number of halogens is 4. The zero-order chi connectivity index (χ0) is 15.7. The fourth-order valence-corrected chi connectivity index (χ4v) is 2.23. The molecule has 2 aromatic carbocycles. The highest BCUT2D eigenvalue weighted by molar-refractivity contribution is 7.88. The first kappa shape index (κ1) is 15.7. The summed E-state index contributed by atoms with van der Waals surface area (Å²) in [6.45, 7) is 0. The molecule has 0 heterocycles. The van der Waals surface area contributed by atoms with Gasteiger partial charge in [-0.2, -0.15) is 21.6 Å². The highest BCUT2D eigenvalue weighted by Crippen LogP contribution is 2.35. The third-order valence-corrected chi connectivity index (χ3v) is 3.71. The summed E-state index contributed by atoms with van der Waals surface area (Å²) in [6.07, 6.45) is 0. The van der Waals surface area contributed by atoms with Crippen LogP contribution in [0.4, 0.5) is 13.2 Å². The normalized spacial score (nSPS) is 12.2. The Balaban J connectivity index is 2.52. The van der Waals surface area contributed by atoms with Crippen LogP contribution in [0.3, 0.4) is 0 Å². The van der Waals surface area contributed by atoms with Gasteiger partial charge in [-0.15, -0.1) is 0 Å². The number of benzene rings is 2. The molecule has 0 aliphatic carbocycles. The van der Waals surface area contributed by atoms with Crippen LogP contribution in [0, 0.1) is 0 Å². The Kier molecular flexibility index (Phi) is 4.15. The Labute approximate surface area is 124 Å². The van der Waals surface area contributed by atoms with Crippen LogP contribution < -0.4 is 4.18 Å². The van der Waals surface area contributed by atoms with E-state index in [1.54, 1.807) is 30.3 Å². The molecule has 0 N–H and O–H groups in total. The van der Waals surface area contributed by atoms with E-state index in [0.29, 0.717) is 5.56 Å². The number of rotatable bonds is 3. The molecular formula is C13H8ClF3O3S. The van der Waals surface area contributed by atoms with E-state index in [4.69, 9.17) is 11.6 Å². The van der Waals surface area contributed by atoms with E-state index in [1.165, 1.54) is 12.1 Å². The molecule has 0 bridgehead atoms. The average Bonchev–Trinajstić information content (AvgIpc) is 2.40. The van der Waals surface area contributed by atoms with E-state index >= 15 is 0 Å². The van der Waals surface area contributed by atoms with Gasteiger partial charge in [0.05, 0.1) is 0 Å². The minimum Gasteiger partial charge on any atom is -0.375 e. The fraction of sp³-hybridized carbons (Fsp3) is 0.0769. The van der Waals surface area contributed by atoms with Gasteiger partial charge in [0.1, 0.15) is 0 Å². The van der Waals surface area contributed by atoms with E-state index in [1.807, 2.05) is 0 Å². The summed E-state index contributed by atoms with van der Waals surface area (Å²) in [6, 6.07) is 11.9. The molecule has 0 atom stereocenters. The SMILES string of the molecule is O=S(=O)(Oc1ccc(Cl)cc1-c1ccccc1)C(F)(F)F. The third kappa shape index (κ3) is 3.48. The summed E-state index contributed by atoms with van der Waals surface area (Å²) in [4.78, 5) is 0. The van der Waals surface area contributed by atoms with Crippen molar-refractivity contribution in [3.8, 4) is 16.9 Å². The van der Waals surface area contributed by atoms with Crippen LogP contribution in [0.2, 0.25) is 5.02 Å². The Hall–Kier alpha value is -1.73. The van der Waals surface area contributed by atoms with Gasteiger partial charge in [0.25, 0.3) is 0 Å². The highest BCUT2D eigenvalue weighted by Gasteiger charge is 2.48. The Morgan fingerprint density at radius 1 is 1.00 bits per heavy atom. The summed E-state index contributed by atoms with van der Waals surface area (Å²) in [7, 11) is -5.74. The van der Waals surface area contributed by atoms with Crippen molar-refractivity contribution in [3.05, 3.63) is 53.6 Å². The number of hydrogen-bond acceptors (Lipinski definition) is 3. The second-order valence-electron chi connectivity index (χ2n) is 3.99. The first-order valence-corrected chi connectivity index (χ1v) is 7.35. The van der Waals surface area contributed by atoms with Gasteiger partial charge >= 0.3 is 15.6 Å². The van der Waals surface area contributed by atoms with Gasteiger partial charge in [-0.05, 0) is 23.8 Å². The fourth-order valence-electron chi connectivity index (χ4n) is 1.58. The molecule has 3 nitrogen and oxygen atoms in total. The summed E-state index contributed by atoms with van der Waals surface area (Å²) in [5.41, 5.74) is -4.87. The van der Waals surface area contributed by atoms with Gasteiger partial charge in [-0.3, -0.25) is 0 Å². The predicted molar refractivity (Wildman–Crippen MR) is 72.5 cm³/mol. The van der Waals surface area contributed by atoms with Gasteiger partial charge in [0, 0.05) is 10.6 Å². The molecule has 0 aliphatic rings. The molecule has 2 rings (SSSR count). The quantitative estimate of drug-likeness (QED) is 0.622. The molecular weight excluding hydrogens is 329 g/mol. The van der Waals surface area contributed by atoms with Gasteiger partial charge in [0.15, 0.2) is 5.75 Å². The standard InChI is InChI=1S/C13H8ClF3O3S/c14-10-6-7-12(20-21(18,19)13(15,16)17)11(8-10)9-4-2-1-3-5-9/h1-8H. The molecule has 21 heavy (non-hydrogen) atoms. The monoisotopic (exact) mass is 336 g/mol. The molecule has 0 fully saturated rings. The van der Waals surface area contributed by atoms with Crippen LogP contribution >= 0.6 is 11.6 Å². The Bertz CT molecular complexity index is 743. The van der Waals surface area contributed by atoms with Crippen molar-refractivity contribution in [1.82, 2.24) is 0 Å². The lowest BCUT2D eigenvalue weighted by molar-refractivity contribution is -0.0499. The van der Waals surface area contributed by atoms with Crippen LogP contribution in [0.1, 0.15) is 0 Å². The van der Waals surface area contributed by atoms with Crippen molar-refractivity contribution >= 4 is 21.7 Å². The average molecular weight is 337 g/mol. The van der Waals surface area contributed by atoms with Gasteiger partial charge in [-0.25, -0.2) is 0 Å². The van der Waals surface area contributed by atoms with Crippen LogP contribution in [0.5, 0.6) is 5.75 Å². The molecule has 0 saturated carbocycles. The molecule has 0 aliphatic heterocycles. The topological polar surface area (TPSA) is 43.4 Å². The van der Waals surface area contributed by atoms with Crippen LogP contribution in [0.25, 0.3) is 11.1 Å². The predicted octanol–water partition coefficient (Wildman–Crippen LogP) is 4.24. The molecule has 0 aromatic heterocycles. The number of alkyl halides is 3. The van der Waals surface area contributed by atoms with Crippen LogP contribution in [-0.4, -0.2) is 13.9 Å². The van der Waals surface area contributed by atoms with Crippen molar-refractivity contribution in [2.75, 3.05) is 0 Å². The molecule has 8 heteroatoms. The lowest BCUT2D eigenvalue weighted by Gasteiger charge is -2.13. The maximum absolute atomic E-state index is 12.4. The van der Waals surface area contributed by atoms with E-state index < -0.39 is 21.4 Å².